The average molecular weight is 427 g/mol. The Bertz CT molecular complexity index is 1010. The lowest BCUT2D eigenvalue weighted by Crippen LogP contribution is -2.29. The Labute approximate surface area is 177 Å². The number of carbonyl (C=O) groups is 1. The van der Waals surface area contributed by atoms with Crippen molar-refractivity contribution in [3.8, 4) is 0 Å². The van der Waals surface area contributed by atoms with Crippen LogP contribution in [0.25, 0.3) is 0 Å². The number of hydrogen-bond donors (Lipinski definition) is 2. The minimum absolute atomic E-state index is 0.00275. The topological polar surface area (TPSA) is 109 Å². The van der Waals surface area contributed by atoms with Crippen molar-refractivity contribution in [3.05, 3.63) is 93.1 Å². The highest BCUT2D eigenvalue weighted by molar-refractivity contribution is 6.32. The van der Waals surface area contributed by atoms with Crippen molar-refractivity contribution in [2.75, 3.05) is 16.8 Å². The van der Waals surface area contributed by atoms with E-state index in [4.69, 9.17) is 11.6 Å². The van der Waals surface area contributed by atoms with Gasteiger partial charge in [-0.25, -0.2) is 9.78 Å². The molecule has 3 rings (SSSR count). The number of pyridine rings is 1. The SMILES string of the molecule is CCN(C(=O)O)c1cc(NC(c2ccccc2)c2ccccc2)c([N+](=O)[O-])c(Cl)n1. The first-order valence-electron chi connectivity index (χ1n) is 9.14. The van der Waals surface area contributed by atoms with E-state index in [2.05, 4.69) is 10.3 Å². The number of anilines is 2. The first-order chi connectivity index (χ1) is 14.4. The molecule has 0 saturated heterocycles. The Kier molecular flexibility index (Phi) is 6.48. The van der Waals surface area contributed by atoms with E-state index < -0.39 is 22.7 Å². The predicted molar refractivity (Wildman–Crippen MR) is 115 cm³/mol. The molecule has 1 aromatic heterocycles. The maximum absolute atomic E-state index is 11.7. The van der Waals surface area contributed by atoms with Gasteiger partial charge in [-0.1, -0.05) is 72.3 Å². The van der Waals surface area contributed by atoms with Gasteiger partial charge in [0.1, 0.15) is 11.5 Å². The van der Waals surface area contributed by atoms with Gasteiger partial charge in [-0.15, -0.1) is 0 Å². The maximum Gasteiger partial charge on any atom is 0.413 e. The number of amides is 1. The van der Waals surface area contributed by atoms with Crippen molar-refractivity contribution in [2.24, 2.45) is 0 Å². The summed E-state index contributed by atoms with van der Waals surface area (Å²) in [6.45, 7) is 1.74. The minimum Gasteiger partial charge on any atom is -0.465 e. The molecular weight excluding hydrogens is 408 g/mol. The molecule has 1 amide bonds. The molecule has 0 fully saturated rings. The summed E-state index contributed by atoms with van der Waals surface area (Å²) in [5.41, 5.74) is 1.40. The smallest absolute Gasteiger partial charge is 0.413 e. The van der Waals surface area contributed by atoms with Crippen LogP contribution in [-0.2, 0) is 0 Å². The second-order valence-corrected chi connectivity index (χ2v) is 6.71. The first-order valence-corrected chi connectivity index (χ1v) is 9.52. The number of nitro groups is 1. The molecule has 0 atom stereocenters. The van der Waals surface area contributed by atoms with Crippen LogP contribution in [0.4, 0.5) is 22.0 Å². The third-order valence-electron chi connectivity index (χ3n) is 4.51. The number of rotatable bonds is 7. The van der Waals surface area contributed by atoms with Crippen molar-refractivity contribution >= 4 is 34.9 Å². The van der Waals surface area contributed by atoms with E-state index in [-0.39, 0.29) is 23.2 Å². The lowest BCUT2D eigenvalue weighted by Gasteiger charge is -2.23. The Morgan fingerprint density at radius 2 is 1.70 bits per heavy atom. The fourth-order valence-corrected chi connectivity index (χ4v) is 3.37. The van der Waals surface area contributed by atoms with Gasteiger partial charge in [0, 0.05) is 12.6 Å². The molecule has 0 aliphatic carbocycles. The van der Waals surface area contributed by atoms with Crippen LogP contribution in [0.1, 0.15) is 24.1 Å². The zero-order valence-electron chi connectivity index (χ0n) is 16.0. The van der Waals surface area contributed by atoms with Gasteiger partial charge in [-0.3, -0.25) is 15.0 Å². The molecule has 30 heavy (non-hydrogen) atoms. The summed E-state index contributed by atoms with van der Waals surface area (Å²) in [5, 5.41) is 23.9. The second-order valence-electron chi connectivity index (χ2n) is 6.35. The third-order valence-corrected chi connectivity index (χ3v) is 4.77. The van der Waals surface area contributed by atoms with Crippen molar-refractivity contribution < 1.29 is 14.8 Å². The Hall–Kier alpha value is -3.65. The molecule has 0 aliphatic rings. The highest BCUT2D eigenvalue weighted by Crippen LogP contribution is 2.38. The quantitative estimate of drug-likeness (QED) is 0.299. The third kappa shape index (κ3) is 4.49. The highest BCUT2D eigenvalue weighted by Gasteiger charge is 2.27. The van der Waals surface area contributed by atoms with Gasteiger partial charge < -0.3 is 10.4 Å². The Morgan fingerprint density at radius 1 is 1.17 bits per heavy atom. The Morgan fingerprint density at radius 3 is 2.13 bits per heavy atom. The lowest BCUT2D eigenvalue weighted by molar-refractivity contribution is -0.384. The molecule has 154 valence electrons. The van der Waals surface area contributed by atoms with Crippen LogP contribution in [0.15, 0.2) is 66.7 Å². The molecule has 0 spiro atoms. The average Bonchev–Trinajstić information content (AvgIpc) is 2.73. The highest BCUT2D eigenvalue weighted by atomic mass is 35.5. The summed E-state index contributed by atoms with van der Waals surface area (Å²) in [6.07, 6.45) is -1.23. The van der Waals surface area contributed by atoms with Gasteiger partial charge in [0.2, 0.25) is 5.15 Å². The molecule has 0 bridgehead atoms. The molecule has 3 aromatic rings. The van der Waals surface area contributed by atoms with Crippen molar-refractivity contribution in [1.29, 1.82) is 0 Å². The normalized spacial score (nSPS) is 10.6. The summed E-state index contributed by atoms with van der Waals surface area (Å²) in [7, 11) is 0. The van der Waals surface area contributed by atoms with Crippen LogP contribution in [-0.4, -0.2) is 27.7 Å². The summed E-state index contributed by atoms with van der Waals surface area (Å²) in [4.78, 5) is 27.5. The van der Waals surface area contributed by atoms with Crippen molar-refractivity contribution in [3.63, 3.8) is 0 Å². The van der Waals surface area contributed by atoms with Crippen LogP contribution in [0.2, 0.25) is 5.15 Å². The minimum atomic E-state index is -1.23. The van der Waals surface area contributed by atoms with Gasteiger partial charge in [0.05, 0.1) is 11.0 Å². The molecule has 8 nitrogen and oxygen atoms in total. The van der Waals surface area contributed by atoms with Gasteiger partial charge in [-0.05, 0) is 18.1 Å². The number of nitrogens with zero attached hydrogens (tertiary/aromatic N) is 3. The van der Waals surface area contributed by atoms with Crippen LogP contribution in [0, 0.1) is 10.1 Å². The molecule has 0 aliphatic heterocycles. The van der Waals surface area contributed by atoms with Crippen molar-refractivity contribution in [2.45, 2.75) is 13.0 Å². The summed E-state index contributed by atoms with van der Waals surface area (Å²) in [6, 6.07) is 19.7. The van der Waals surface area contributed by atoms with Crippen LogP contribution >= 0.6 is 11.6 Å². The van der Waals surface area contributed by atoms with E-state index in [0.29, 0.717) is 0 Å². The molecule has 0 radical (unpaired) electrons. The largest absolute Gasteiger partial charge is 0.465 e. The lowest BCUT2D eigenvalue weighted by atomic mass is 9.98. The molecule has 9 heteroatoms. The van der Waals surface area contributed by atoms with Crippen molar-refractivity contribution in [1.82, 2.24) is 4.98 Å². The van der Waals surface area contributed by atoms with E-state index in [1.807, 2.05) is 60.7 Å². The number of halogens is 1. The molecular formula is C21H19ClN4O4. The summed E-state index contributed by atoms with van der Waals surface area (Å²) in [5.74, 6) is 0.00275. The first kappa shape index (κ1) is 21.1. The molecule has 0 saturated carbocycles. The van der Waals surface area contributed by atoms with Gasteiger partial charge in [-0.2, -0.15) is 0 Å². The number of hydrogen-bond acceptors (Lipinski definition) is 5. The van der Waals surface area contributed by atoms with E-state index in [1.54, 1.807) is 6.92 Å². The van der Waals surface area contributed by atoms with Crippen LogP contribution in [0.5, 0.6) is 0 Å². The summed E-state index contributed by atoms with van der Waals surface area (Å²) < 4.78 is 0. The second kappa shape index (κ2) is 9.23. The van der Waals surface area contributed by atoms with Gasteiger partial charge in [0.25, 0.3) is 0 Å². The molecule has 2 N–H and O–H groups in total. The van der Waals surface area contributed by atoms with E-state index in [1.165, 1.54) is 6.07 Å². The van der Waals surface area contributed by atoms with Gasteiger partial charge in [0.15, 0.2) is 0 Å². The number of aromatic nitrogens is 1. The molecule has 2 aromatic carbocycles. The zero-order chi connectivity index (χ0) is 21.7. The van der Waals surface area contributed by atoms with E-state index in [9.17, 15) is 20.0 Å². The maximum atomic E-state index is 11.7. The van der Waals surface area contributed by atoms with Gasteiger partial charge >= 0.3 is 11.8 Å². The fourth-order valence-electron chi connectivity index (χ4n) is 3.12. The number of carboxylic acid groups (broad SMARTS) is 1. The summed E-state index contributed by atoms with van der Waals surface area (Å²) >= 11 is 6.10. The zero-order valence-corrected chi connectivity index (χ0v) is 16.8. The standard InChI is InChI=1S/C21H19ClN4O4/c1-2-25(21(27)28)17-13-16(19(26(29)30)20(22)24-17)23-18(14-9-5-3-6-10-14)15-11-7-4-8-12-15/h3-13,18H,2H2,1H3,(H,23,24)(H,27,28). The van der Waals surface area contributed by atoms with E-state index in [0.717, 1.165) is 16.0 Å². The number of nitrogens with one attached hydrogen (secondary N) is 1. The molecule has 1 heterocycles. The van der Waals surface area contributed by atoms with E-state index >= 15 is 0 Å². The number of benzene rings is 2. The molecule has 0 unspecified atom stereocenters. The monoisotopic (exact) mass is 426 g/mol. The van der Waals surface area contributed by atoms with Crippen LogP contribution < -0.4 is 10.2 Å². The predicted octanol–water partition coefficient (Wildman–Crippen LogP) is 5.35. The van der Waals surface area contributed by atoms with Crippen LogP contribution in [0.3, 0.4) is 0 Å². The Balaban J connectivity index is 2.15. The fraction of sp³-hybridized carbons (Fsp3) is 0.143.